The van der Waals surface area contributed by atoms with E-state index in [4.69, 9.17) is 0 Å². The summed E-state index contributed by atoms with van der Waals surface area (Å²) in [5.41, 5.74) is 1.63. The molecule has 10 heteroatoms. The molecule has 1 aromatic carbocycles. The van der Waals surface area contributed by atoms with Crippen LogP contribution in [0.5, 0.6) is 0 Å². The van der Waals surface area contributed by atoms with E-state index < -0.39 is 15.7 Å². The third-order valence-corrected chi connectivity index (χ3v) is 6.15. The van der Waals surface area contributed by atoms with Crippen LogP contribution >= 0.6 is 11.3 Å². The Morgan fingerprint density at radius 2 is 1.89 bits per heavy atom. The van der Waals surface area contributed by atoms with Crippen molar-refractivity contribution in [1.29, 1.82) is 5.26 Å². The zero-order chi connectivity index (χ0) is 20.0. The first-order valence-electron chi connectivity index (χ1n) is 8.10. The van der Waals surface area contributed by atoms with Crippen LogP contribution in [-0.4, -0.2) is 43.9 Å². The molecule has 0 aliphatic rings. The molecule has 0 radical (unpaired) electrons. The Morgan fingerprint density at radius 3 is 2.37 bits per heavy atom. The Bertz CT molecular complexity index is 984. The first kappa shape index (κ1) is 20.5. The van der Waals surface area contributed by atoms with Gasteiger partial charge in [-0.25, -0.2) is 8.42 Å². The van der Waals surface area contributed by atoms with Crippen molar-refractivity contribution in [2.75, 3.05) is 29.6 Å². The van der Waals surface area contributed by atoms with Crippen LogP contribution in [0.25, 0.3) is 6.08 Å². The van der Waals surface area contributed by atoms with Gasteiger partial charge in [0.25, 0.3) is 5.91 Å². The Balaban J connectivity index is 2.17. The van der Waals surface area contributed by atoms with Gasteiger partial charge in [-0.05, 0) is 37.6 Å². The number of nitrogens with zero attached hydrogens (tertiary/aromatic N) is 4. The maximum Gasteiger partial charge on any atom is 0.268 e. The zero-order valence-electron chi connectivity index (χ0n) is 15.1. The van der Waals surface area contributed by atoms with E-state index in [2.05, 4.69) is 34.3 Å². The van der Waals surface area contributed by atoms with Gasteiger partial charge in [0.2, 0.25) is 19.3 Å². The molecule has 0 aliphatic heterocycles. The molecule has 0 saturated heterocycles. The average Bonchev–Trinajstić information content (AvgIpc) is 3.10. The fourth-order valence-corrected chi connectivity index (χ4v) is 3.76. The van der Waals surface area contributed by atoms with Crippen LogP contribution < -0.4 is 10.2 Å². The van der Waals surface area contributed by atoms with Gasteiger partial charge in [-0.15, -0.1) is 10.2 Å². The minimum Gasteiger partial charge on any atom is -0.372 e. The van der Waals surface area contributed by atoms with Crippen molar-refractivity contribution >= 4 is 44.0 Å². The van der Waals surface area contributed by atoms with Gasteiger partial charge in [0.15, 0.2) is 0 Å². The molecule has 2 rings (SSSR count). The summed E-state index contributed by atoms with van der Waals surface area (Å²) < 4.78 is 22.6. The predicted octanol–water partition coefficient (Wildman–Crippen LogP) is 2.33. The standard InChI is InChI=1S/C17H19N5O3S2/c1-4-22(5-2)14-8-6-12(7-9-14)10-13(11-18)15(23)19-16-20-21-17(26-16)27(3,24)25/h6-10H,4-5H2,1-3H3,(H,19,20,23). The normalized spacial score (nSPS) is 11.7. The van der Waals surface area contributed by atoms with Crippen molar-refractivity contribution in [2.24, 2.45) is 0 Å². The van der Waals surface area contributed by atoms with E-state index in [1.54, 1.807) is 0 Å². The molecule has 1 amide bonds. The number of amides is 1. The number of rotatable bonds is 7. The molecule has 0 fully saturated rings. The number of anilines is 2. The van der Waals surface area contributed by atoms with Crippen molar-refractivity contribution in [3.05, 3.63) is 35.4 Å². The number of hydrogen-bond donors (Lipinski definition) is 1. The van der Waals surface area contributed by atoms with Gasteiger partial charge >= 0.3 is 0 Å². The molecule has 2 aromatic rings. The van der Waals surface area contributed by atoms with Crippen molar-refractivity contribution in [3.8, 4) is 6.07 Å². The lowest BCUT2D eigenvalue weighted by atomic mass is 10.1. The molecule has 0 bridgehead atoms. The van der Waals surface area contributed by atoms with Gasteiger partial charge < -0.3 is 4.90 Å². The number of nitriles is 1. The molecular weight excluding hydrogens is 386 g/mol. The Kier molecular flexibility index (Phi) is 6.65. The lowest BCUT2D eigenvalue weighted by Crippen LogP contribution is -2.21. The topological polar surface area (TPSA) is 116 Å². The van der Waals surface area contributed by atoms with Crippen LogP contribution in [-0.2, 0) is 14.6 Å². The highest BCUT2D eigenvalue weighted by Gasteiger charge is 2.17. The van der Waals surface area contributed by atoms with Gasteiger partial charge in [-0.2, -0.15) is 5.26 Å². The maximum atomic E-state index is 12.3. The lowest BCUT2D eigenvalue weighted by molar-refractivity contribution is -0.112. The molecule has 0 saturated carbocycles. The fourth-order valence-electron chi connectivity index (χ4n) is 2.26. The van der Waals surface area contributed by atoms with Crippen LogP contribution in [0.2, 0.25) is 0 Å². The van der Waals surface area contributed by atoms with E-state index in [0.29, 0.717) is 5.56 Å². The number of hydrogen-bond acceptors (Lipinski definition) is 8. The van der Waals surface area contributed by atoms with Crippen LogP contribution in [0.3, 0.4) is 0 Å². The maximum absolute atomic E-state index is 12.3. The number of carbonyl (C=O) groups excluding carboxylic acids is 1. The molecule has 0 unspecified atom stereocenters. The number of carbonyl (C=O) groups is 1. The molecule has 0 spiro atoms. The van der Waals surface area contributed by atoms with Gasteiger partial charge in [-0.1, -0.05) is 23.5 Å². The summed E-state index contributed by atoms with van der Waals surface area (Å²) in [6.45, 7) is 5.90. The Labute approximate surface area is 162 Å². The summed E-state index contributed by atoms with van der Waals surface area (Å²) >= 11 is 0.728. The number of aromatic nitrogens is 2. The Morgan fingerprint density at radius 1 is 1.26 bits per heavy atom. The number of nitrogens with one attached hydrogen (secondary N) is 1. The van der Waals surface area contributed by atoms with Crippen LogP contribution in [0.15, 0.2) is 34.2 Å². The fraction of sp³-hybridized carbons (Fsp3) is 0.294. The molecule has 142 valence electrons. The Hall–Kier alpha value is -2.77. The summed E-state index contributed by atoms with van der Waals surface area (Å²) in [7, 11) is -3.50. The summed E-state index contributed by atoms with van der Waals surface area (Å²) in [4.78, 5) is 14.4. The van der Waals surface area contributed by atoms with Crippen molar-refractivity contribution in [3.63, 3.8) is 0 Å². The predicted molar refractivity (Wildman–Crippen MR) is 105 cm³/mol. The summed E-state index contributed by atoms with van der Waals surface area (Å²) in [6.07, 6.45) is 2.46. The largest absolute Gasteiger partial charge is 0.372 e. The molecule has 1 heterocycles. The van der Waals surface area contributed by atoms with E-state index >= 15 is 0 Å². The van der Waals surface area contributed by atoms with Crippen LogP contribution in [0, 0.1) is 11.3 Å². The van der Waals surface area contributed by atoms with E-state index in [0.717, 1.165) is 36.4 Å². The first-order chi connectivity index (χ1) is 12.8. The van der Waals surface area contributed by atoms with Crippen molar-refractivity contribution in [1.82, 2.24) is 10.2 Å². The van der Waals surface area contributed by atoms with Gasteiger partial charge in [0.05, 0.1) is 0 Å². The summed E-state index contributed by atoms with van der Waals surface area (Å²) in [5.74, 6) is -0.679. The van der Waals surface area contributed by atoms with Crippen LogP contribution in [0.4, 0.5) is 10.8 Å². The quantitative estimate of drug-likeness (QED) is 0.427. The number of sulfone groups is 1. The van der Waals surface area contributed by atoms with E-state index in [1.807, 2.05) is 30.3 Å². The minimum absolute atomic E-state index is 0.0125. The SMILES string of the molecule is CCN(CC)c1ccc(C=C(C#N)C(=O)Nc2nnc(S(C)(=O)=O)s2)cc1. The van der Waals surface area contributed by atoms with Gasteiger partial charge in [0, 0.05) is 25.0 Å². The third kappa shape index (κ3) is 5.35. The summed E-state index contributed by atoms with van der Waals surface area (Å²) in [6, 6.07) is 9.34. The number of benzene rings is 1. The minimum atomic E-state index is -3.50. The second kappa shape index (κ2) is 8.75. The van der Waals surface area contributed by atoms with Gasteiger partial charge in [0.1, 0.15) is 11.6 Å². The lowest BCUT2D eigenvalue weighted by Gasteiger charge is -2.20. The highest BCUT2D eigenvalue weighted by atomic mass is 32.2. The van der Waals surface area contributed by atoms with Crippen LogP contribution in [0.1, 0.15) is 19.4 Å². The molecule has 8 nitrogen and oxygen atoms in total. The molecule has 27 heavy (non-hydrogen) atoms. The average molecular weight is 406 g/mol. The van der Waals surface area contributed by atoms with E-state index in [-0.39, 0.29) is 15.0 Å². The molecule has 0 atom stereocenters. The highest BCUT2D eigenvalue weighted by Crippen LogP contribution is 2.21. The van der Waals surface area contributed by atoms with Crippen molar-refractivity contribution < 1.29 is 13.2 Å². The summed E-state index contributed by atoms with van der Waals surface area (Å²) in [5, 5.41) is 18.8. The third-order valence-electron chi connectivity index (χ3n) is 3.64. The van der Waals surface area contributed by atoms with Gasteiger partial charge in [-0.3, -0.25) is 10.1 Å². The second-order valence-corrected chi connectivity index (χ2v) is 8.70. The highest BCUT2D eigenvalue weighted by molar-refractivity contribution is 7.92. The monoisotopic (exact) mass is 405 g/mol. The van der Waals surface area contributed by atoms with E-state index in [9.17, 15) is 18.5 Å². The first-order valence-corrected chi connectivity index (χ1v) is 10.8. The smallest absolute Gasteiger partial charge is 0.268 e. The molecule has 1 N–H and O–H groups in total. The molecule has 1 aromatic heterocycles. The van der Waals surface area contributed by atoms with Crippen molar-refractivity contribution in [2.45, 2.75) is 18.2 Å². The molecular formula is C17H19N5O3S2. The zero-order valence-corrected chi connectivity index (χ0v) is 16.8. The second-order valence-electron chi connectivity index (χ2n) is 5.53. The van der Waals surface area contributed by atoms with E-state index in [1.165, 1.54) is 6.08 Å². The molecule has 0 aliphatic carbocycles.